The van der Waals surface area contributed by atoms with E-state index in [-0.39, 0.29) is 0 Å². The van der Waals surface area contributed by atoms with Gasteiger partial charge in [-0.1, -0.05) is 6.92 Å². The first-order chi connectivity index (χ1) is 8.52. The van der Waals surface area contributed by atoms with Crippen molar-refractivity contribution in [3.63, 3.8) is 0 Å². The number of nitrogens with zero attached hydrogens (tertiary/aromatic N) is 1. The highest BCUT2D eigenvalue weighted by molar-refractivity contribution is 5.67. The molecule has 0 heterocycles. The lowest BCUT2D eigenvalue weighted by molar-refractivity contribution is -0.138. The SMILES string of the molecule is CCCN(C[C@H]1CC[C@H](CC(=O)O)CC1)C(C)C. The van der Waals surface area contributed by atoms with Crippen LogP contribution in [0, 0.1) is 11.8 Å². The maximum atomic E-state index is 10.7. The Morgan fingerprint density at radius 1 is 1.22 bits per heavy atom. The van der Waals surface area contributed by atoms with Gasteiger partial charge in [-0.15, -0.1) is 0 Å². The van der Waals surface area contributed by atoms with Crippen LogP contribution in [-0.4, -0.2) is 35.1 Å². The quantitative estimate of drug-likeness (QED) is 0.758. The van der Waals surface area contributed by atoms with Crippen LogP contribution in [0.25, 0.3) is 0 Å². The molecule has 1 rings (SSSR count). The molecule has 0 bridgehead atoms. The van der Waals surface area contributed by atoms with E-state index in [1.165, 1.54) is 32.4 Å². The molecule has 3 nitrogen and oxygen atoms in total. The summed E-state index contributed by atoms with van der Waals surface area (Å²) in [4.78, 5) is 13.3. The first-order valence-corrected chi connectivity index (χ1v) is 7.48. The highest BCUT2D eigenvalue weighted by atomic mass is 16.4. The molecule has 3 heteroatoms. The first-order valence-electron chi connectivity index (χ1n) is 7.48. The van der Waals surface area contributed by atoms with Gasteiger partial charge in [0.1, 0.15) is 0 Å². The van der Waals surface area contributed by atoms with Crippen LogP contribution in [-0.2, 0) is 4.79 Å². The van der Waals surface area contributed by atoms with Gasteiger partial charge >= 0.3 is 5.97 Å². The molecular weight excluding hydrogens is 226 g/mol. The Morgan fingerprint density at radius 2 is 1.78 bits per heavy atom. The maximum absolute atomic E-state index is 10.7. The van der Waals surface area contributed by atoms with Crippen LogP contribution in [0.1, 0.15) is 59.3 Å². The van der Waals surface area contributed by atoms with Gasteiger partial charge in [-0.05, 0) is 64.3 Å². The molecule has 0 aliphatic heterocycles. The van der Waals surface area contributed by atoms with Crippen LogP contribution < -0.4 is 0 Å². The third-order valence-corrected chi connectivity index (χ3v) is 4.16. The smallest absolute Gasteiger partial charge is 0.303 e. The van der Waals surface area contributed by atoms with E-state index in [0.29, 0.717) is 18.4 Å². The molecule has 1 N–H and O–H groups in total. The predicted molar refractivity (Wildman–Crippen MR) is 74.7 cm³/mol. The van der Waals surface area contributed by atoms with E-state index in [9.17, 15) is 4.79 Å². The maximum Gasteiger partial charge on any atom is 0.303 e. The van der Waals surface area contributed by atoms with Gasteiger partial charge in [0.2, 0.25) is 0 Å². The van der Waals surface area contributed by atoms with Crippen molar-refractivity contribution in [1.82, 2.24) is 4.90 Å². The fourth-order valence-electron chi connectivity index (χ4n) is 3.04. The van der Waals surface area contributed by atoms with Gasteiger partial charge in [-0.3, -0.25) is 4.79 Å². The molecule has 0 aromatic carbocycles. The second kappa shape index (κ2) is 7.78. The molecule has 0 amide bonds. The first kappa shape index (κ1) is 15.5. The van der Waals surface area contributed by atoms with Crippen LogP contribution in [0.15, 0.2) is 0 Å². The molecule has 0 spiro atoms. The van der Waals surface area contributed by atoms with Crippen LogP contribution >= 0.6 is 0 Å². The zero-order valence-electron chi connectivity index (χ0n) is 12.2. The van der Waals surface area contributed by atoms with Crippen molar-refractivity contribution in [2.24, 2.45) is 11.8 Å². The third kappa shape index (κ3) is 5.38. The summed E-state index contributed by atoms with van der Waals surface area (Å²) in [5.41, 5.74) is 0. The van der Waals surface area contributed by atoms with Gasteiger partial charge in [-0.2, -0.15) is 0 Å². The second-order valence-electron chi connectivity index (χ2n) is 6.07. The van der Waals surface area contributed by atoms with E-state index >= 15 is 0 Å². The predicted octanol–water partition coefficient (Wildman–Crippen LogP) is 3.39. The number of aliphatic carboxylic acids is 1. The molecule has 1 aliphatic carbocycles. The zero-order valence-corrected chi connectivity index (χ0v) is 12.2. The molecule has 0 aromatic heterocycles. The molecule has 0 unspecified atom stereocenters. The summed E-state index contributed by atoms with van der Waals surface area (Å²) in [5, 5.41) is 8.81. The molecule has 0 atom stereocenters. The fourth-order valence-corrected chi connectivity index (χ4v) is 3.04. The number of hydrogen-bond donors (Lipinski definition) is 1. The van der Waals surface area contributed by atoms with Crippen molar-refractivity contribution in [2.45, 2.75) is 65.3 Å². The minimum absolute atomic E-state index is 0.371. The molecular formula is C15H29NO2. The Bertz CT molecular complexity index is 245. The minimum Gasteiger partial charge on any atom is -0.481 e. The second-order valence-corrected chi connectivity index (χ2v) is 6.07. The average Bonchev–Trinajstić information content (AvgIpc) is 2.30. The highest BCUT2D eigenvalue weighted by Crippen LogP contribution is 2.31. The molecule has 1 saturated carbocycles. The lowest BCUT2D eigenvalue weighted by Gasteiger charge is -2.34. The number of rotatable bonds is 7. The Morgan fingerprint density at radius 3 is 2.22 bits per heavy atom. The van der Waals surface area contributed by atoms with Crippen LogP contribution in [0.3, 0.4) is 0 Å². The van der Waals surface area contributed by atoms with Crippen LogP contribution in [0.5, 0.6) is 0 Å². The third-order valence-electron chi connectivity index (χ3n) is 4.16. The van der Waals surface area contributed by atoms with E-state index in [2.05, 4.69) is 25.7 Å². The summed E-state index contributed by atoms with van der Waals surface area (Å²) in [6.45, 7) is 9.16. The summed E-state index contributed by atoms with van der Waals surface area (Å²) >= 11 is 0. The summed E-state index contributed by atoms with van der Waals surface area (Å²) in [7, 11) is 0. The number of carbonyl (C=O) groups is 1. The van der Waals surface area contributed by atoms with Crippen LogP contribution in [0.2, 0.25) is 0 Å². The van der Waals surface area contributed by atoms with Gasteiger partial charge in [-0.25, -0.2) is 0 Å². The molecule has 0 saturated heterocycles. The van der Waals surface area contributed by atoms with Crippen molar-refractivity contribution in [1.29, 1.82) is 0 Å². The standard InChI is InChI=1S/C15H29NO2/c1-4-9-16(12(2)3)11-14-7-5-13(6-8-14)10-15(17)18/h12-14H,4-11H2,1-3H3,(H,17,18)/t13-,14-. The largest absolute Gasteiger partial charge is 0.481 e. The Hall–Kier alpha value is -0.570. The Balaban J connectivity index is 2.31. The Kier molecular flexibility index (Phi) is 6.69. The van der Waals surface area contributed by atoms with Gasteiger partial charge in [0.05, 0.1) is 0 Å². The van der Waals surface area contributed by atoms with E-state index < -0.39 is 5.97 Å². The summed E-state index contributed by atoms with van der Waals surface area (Å²) in [6, 6.07) is 0.627. The minimum atomic E-state index is -0.631. The van der Waals surface area contributed by atoms with Crippen molar-refractivity contribution in [2.75, 3.05) is 13.1 Å². The molecule has 0 radical (unpaired) electrons. The number of hydrogen-bond acceptors (Lipinski definition) is 2. The topological polar surface area (TPSA) is 40.5 Å². The van der Waals surface area contributed by atoms with Crippen molar-refractivity contribution in [3.05, 3.63) is 0 Å². The van der Waals surface area contributed by atoms with Gasteiger partial charge < -0.3 is 10.0 Å². The molecule has 0 aromatic rings. The monoisotopic (exact) mass is 255 g/mol. The highest BCUT2D eigenvalue weighted by Gasteiger charge is 2.24. The van der Waals surface area contributed by atoms with E-state index in [1.54, 1.807) is 0 Å². The van der Waals surface area contributed by atoms with E-state index in [1.807, 2.05) is 0 Å². The molecule has 106 valence electrons. The fraction of sp³-hybridized carbons (Fsp3) is 0.933. The summed E-state index contributed by atoms with van der Waals surface area (Å²) in [6.07, 6.45) is 6.22. The van der Waals surface area contributed by atoms with Gasteiger partial charge in [0, 0.05) is 19.0 Å². The van der Waals surface area contributed by atoms with Gasteiger partial charge in [0.15, 0.2) is 0 Å². The average molecular weight is 255 g/mol. The summed E-state index contributed by atoms with van der Waals surface area (Å²) in [5.74, 6) is 0.578. The number of carboxylic acids is 1. The van der Waals surface area contributed by atoms with Crippen molar-refractivity contribution < 1.29 is 9.90 Å². The van der Waals surface area contributed by atoms with E-state index in [0.717, 1.165) is 18.8 Å². The summed E-state index contributed by atoms with van der Waals surface area (Å²) < 4.78 is 0. The molecule has 1 fully saturated rings. The van der Waals surface area contributed by atoms with Crippen molar-refractivity contribution in [3.8, 4) is 0 Å². The van der Waals surface area contributed by atoms with E-state index in [4.69, 9.17) is 5.11 Å². The molecule has 18 heavy (non-hydrogen) atoms. The molecule has 1 aliphatic rings. The van der Waals surface area contributed by atoms with Crippen LogP contribution in [0.4, 0.5) is 0 Å². The zero-order chi connectivity index (χ0) is 13.5. The lowest BCUT2D eigenvalue weighted by Crippen LogP contribution is -2.37. The Labute approximate surface area is 112 Å². The number of carboxylic acid groups (broad SMARTS) is 1. The lowest BCUT2D eigenvalue weighted by atomic mass is 9.80. The normalized spacial score (nSPS) is 24.7. The van der Waals surface area contributed by atoms with Crippen molar-refractivity contribution >= 4 is 5.97 Å². The van der Waals surface area contributed by atoms with Gasteiger partial charge in [0.25, 0.3) is 0 Å².